The molecule has 1 aromatic heterocycles. The molecular formula is C17H29N3O2S. The highest BCUT2D eigenvalue weighted by Gasteiger charge is 2.28. The van der Waals surface area contributed by atoms with Crippen molar-refractivity contribution in [3.05, 3.63) is 16.1 Å². The summed E-state index contributed by atoms with van der Waals surface area (Å²) in [6.07, 6.45) is 6.15. The van der Waals surface area contributed by atoms with Gasteiger partial charge in [-0.2, -0.15) is 0 Å². The number of thiazole rings is 1. The first-order valence-electron chi connectivity index (χ1n) is 8.64. The predicted octanol–water partition coefficient (Wildman–Crippen LogP) is 3.80. The van der Waals surface area contributed by atoms with Crippen molar-refractivity contribution in [3.63, 3.8) is 0 Å². The topological polar surface area (TPSA) is 63.2 Å². The van der Waals surface area contributed by atoms with E-state index in [0.717, 1.165) is 42.2 Å². The van der Waals surface area contributed by atoms with E-state index in [1.54, 1.807) is 11.3 Å². The van der Waals surface area contributed by atoms with Crippen LogP contribution in [0.2, 0.25) is 0 Å². The fourth-order valence-corrected chi connectivity index (χ4v) is 3.94. The molecule has 0 bridgehead atoms. The van der Waals surface area contributed by atoms with Crippen molar-refractivity contribution in [1.29, 1.82) is 0 Å². The van der Waals surface area contributed by atoms with Gasteiger partial charge in [0, 0.05) is 23.7 Å². The second-order valence-electron chi connectivity index (χ2n) is 6.36. The van der Waals surface area contributed by atoms with Crippen molar-refractivity contribution >= 4 is 17.4 Å². The maximum Gasteiger partial charge on any atom is 0.315 e. The monoisotopic (exact) mass is 339 g/mol. The van der Waals surface area contributed by atoms with Crippen molar-refractivity contribution in [2.75, 3.05) is 6.61 Å². The molecule has 2 rings (SSSR count). The molecule has 0 spiro atoms. The van der Waals surface area contributed by atoms with Gasteiger partial charge in [0.15, 0.2) is 0 Å². The van der Waals surface area contributed by atoms with Gasteiger partial charge >= 0.3 is 6.03 Å². The molecule has 3 atom stereocenters. The number of ether oxygens (including phenoxy) is 1. The molecule has 3 unspecified atom stereocenters. The van der Waals surface area contributed by atoms with E-state index in [9.17, 15) is 4.79 Å². The molecule has 0 radical (unpaired) electrons. The number of hydrogen-bond donors (Lipinski definition) is 2. The third-order valence-corrected chi connectivity index (χ3v) is 5.68. The number of aromatic nitrogens is 1. The average molecular weight is 340 g/mol. The van der Waals surface area contributed by atoms with Crippen LogP contribution in [0.4, 0.5) is 4.79 Å². The van der Waals surface area contributed by atoms with Crippen molar-refractivity contribution in [1.82, 2.24) is 15.6 Å². The maximum atomic E-state index is 12.2. The Morgan fingerprint density at radius 3 is 2.83 bits per heavy atom. The standard InChI is InChI=1S/C17H29N3O2S/c1-5-13(6-2)15-9-14(7-8-22-15)20-17(21)19-12(4)16-18-10-11(3)23-16/h10,12-15H,5-9H2,1-4H3,(H2,19,20,21). The van der Waals surface area contributed by atoms with Gasteiger partial charge in [-0.15, -0.1) is 11.3 Å². The van der Waals surface area contributed by atoms with E-state index in [-0.39, 0.29) is 24.2 Å². The molecule has 1 aromatic rings. The summed E-state index contributed by atoms with van der Waals surface area (Å²) >= 11 is 1.62. The Morgan fingerprint density at radius 1 is 1.48 bits per heavy atom. The van der Waals surface area contributed by atoms with E-state index >= 15 is 0 Å². The van der Waals surface area contributed by atoms with Crippen molar-refractivity contribution in [2.45, 2.75) is 71.6 Å². The Balaban J connectivity index is 1.82. The molecule has 130 valence electrons. The zero-order valence-electron chi connectivity index (χ0n) is 14.6. The van der Waals surface area contributed by atoms with Gasteiger partial charge in [0.2, 0.25) is 0 Å². The number of carbonyl (C=O) groups is 1. The van der Waals surface area contributed by atoms with Crippen LogP contribution in [0.5, 0.6) is 0 Å². The van der Waals surface area contributed by atoms with Crippen LogP contribution in [0, 0.1) is 12.8 Å². The first-order chi connectivity index (χ1) is 11.0. The van der Waals surface area contributed by atoms with E-state index in [4.69, 9.17) is 4.74 Å². The second kappa shape index (κ2) is 8.64. The van der Waals surface area contributed by atoms with Crippen LogP contribution < -0.4 is 10.6 Å². The lowest BCUT2D eigenvalue weighted by Crippen LogP contribution is -2.48. The smallest absolute Gasteiger partial charge is 0.315 e. The van der Waals surface area contributed by atoms with Gasteiger partial charge in [-0.05, 0) is 32.6 Å². The molecule has 5 nitrogen and oxygen atoms in total. The fourth-order valence-electron chi connectivity index (χ4n) is 3.16. The molecule has 2 amide bonds. The van der Waals surface area contributed by atoms with Gasteiger partial charge in [0.1, 0.15) is 5.01 Å². The maximum absolute atomic E-state index is 12.2. The summed E-state index contributed by atoms with van der Waals surface area (Å²) in [4.78, 5) is 17.7. The molecule has 6 heteroatoms. The van der Waals surface area contributed by atoms with Gasteiger partial charge in [0.25, 0.3) is 0 Å². The van der Waals surface area contributed by atoms with E-state index < -0.39 is 0 Å². The Hall–Kier alpha value is -1.14. The van der Waals surface area contributed by atoms with Crippen LogP contribution in [0.25, 0.3) is 0 Å². The predicted molar refractivity (Wildman–Crippen MR) is 93.8 cm³/mol. The average Bonchev–Trinajstić information content (AvgIpc) is 2.95. The first-order valence-corrected chi connectivity index (χ1v) is 9.46. The van der Waals surface area contributed by atoms with Gasteiger partial charge < -0.3 is 15.4 Å². The Bertz CT molecular complexity index is 502. The van der Waals surface area contributed by atoms with Crippen molar-refractivity contribution < 1.29 is 9.53 Å². The lowest BCUT2D eigenvalue weighted by molar-refractivity contribution is -0.0331. The minimum absolute atomic E-state index is 0.0663. The van der Waals surface area contributed by atoms with E-state index in [0.29, 0.717) is 5.92 Å². The third-order valence-electron chi connectivity index (χ3n) is 4.58. The number of hydrogen-bond acceptors (Lipinski definition) is 4. The van der Waals surface area contributed by atoms with Crippen LogP contribution in [0.3, 0.4) is 0 Å². The van der Waals surface area contributed by atoms with Crippen LogP contribution in [-0.2, 0) is 4.74 Å². The van der Waals surface area contributed by atoms with Crippen LogP contribution in [0.1, 0.15) is 62.4 Å². The van der Waals surface area contributed by atoms with E-state index in [2.05, 4.69) is 29.5 Å². The van der Waals surface area contributed by atoms with Crippen LogP contribution in [-0.4, -0.2) is 29.8 Å². The zero-order chi connectivity index (χ0) is 16.8. The number of nitrogens with one attached hydrogen (secondary N) is 2. The summed E-state index contributed by atoms with van der Waals surface area (Å²) in [5, 5.41) is 7.04. The summed E-state index contributed by atoms with van der Waals surface area (Å²) in [6.45, 7) is 9.13. The summed E-state index contributed by atoms with van der Waals surface area (Å²) < 4.78 is 5.91. The molecule has 2 N–H and O–H groups in total. The van der Waals surface area contributed by atoms with E-state index in [1.165, 1.54) is 0 Å². The molecule has 0 aliphatic carbocycles. The molecule has 0 saturated carbocycles. The van der Waals surface area contributed by atoms with Gasteiger partial charge in [-0.25, -0.2) is 9.78 Å². The van der Waals surface area contributed by atoms with Crippen LogP contribution >= 0.6 is 11.3 Å². The molecule has 1 saturated heterocycles. The highest BCUT2D eigenvalue weighted by Crippen LogP contribution is 2.25. The molecule has 0 aromatic carbocycles. The number of carbonyl (C=O) groups excluding carboxylic acids is 1. The van der Waals surface area contributed by atoms with Crippen LogP contribution in [0.15, 0.2) is 6.20 Å². The number of rotatable bonds is 6. The number of urea groups is 1. The largest absolute Gasteiger partial charge is 0.378 e. The summed E-state index contributed by atoms with van der Waals surface area (Å²) in [5.74, 6) is 0.583. The lowest BCUT2D eigenvalue weighted by atomic mass is 9.89. The molecule has 1 fully saturated rings. The normalized spacial score (nSPS) is 22.8. The summed E-state index contributed by atoms with van der Waals surface area (Å²) in [7, 11) is 0. The highest BCUT2D eigenvalue weighted by atomic mass is 32.1. The number of aryl methyl sites for hydroxylation is 1. The zero-order valence-corrected chi connectivity index (χ0v) is 15.4. The lowest BCUT2D eigenvalue weighted by Gasteiger charge is -2.34. The van der Waals surface area contributed by atoms with Gasteiger partial charge in [-0.1, -0.05) is 26.7 Å². The van der Waals surface area contributed by atoms with Crippen molar-refractivity contribution in [3.8, 4) is 0 Å². The Morgan fingerprint density at radius 2 is 2.22 bits per heavy atom. The molecule has 23 heavy (non-hydrogen) atoms. The SMILES string of the molecule is CCC(CC)C1CC(NC(=O)NC(C)c2ncc(C)s2)CCO1. The Kier molecular flexibility index (Phi) is 6.84. The number of nitrogens with zero attached hydrogens (tertiary/aromatic N) is 1. The molecular weight excluding hydrogens is 310 g/mol. The number of amides is 2. The second-order valence-corrected chi connectivity index (χ2v) is 7.62. The van der Waals surface area contributed by atoms with E-state index in [1.807, 2.05) is 20.0 Å². The quantitative estimate of drug-likeness (QED) is 0.829. The minimum atomic E-state index is -0.111. The summed E-state index contributed by atoms with van der Waals surface area (Å²) in [6, 6.07) is 0.0171. The highest BCUT2D eigenvalue weighted by molar-refractivity contribution is 7.11. The van der Waals surface area contributed by atoms with Gasteiger partial charge in [-0.3, -0.25) is 0 Å². The molecule has 2 heterocycles. The first kappa shape index (κ1) is 18.2. The Labute approximate surface area is 143 Å². The molecule has 1 aliphatic heterocycles. The van der Waals surface area contributed by atoms with Gasteiger partial charge in [0.05, 0.1) is 12.1 Å². The molecule has 1 aliphatic rings. The fraction of sp³-hybridized carbons (Fsp3) is 0.765. The van der Waals surface area contributed by atoms with Crippen molar-refractivity contribution in [2.24, 2.45) is 5.92 Å². The third kappa shape index (κ3) is 5.18. The summed E-state index contributed by atoms with van der Waals surface area (Å²) in [5.41, 5.74) is 0. The minimum Gasteiger partial charge on any atom is -0.378 e.